The minimum atomic E-state index is 0.204. The Morgan fingerprint density at radius 2 is 2.04 bits per heavy atom. The van der Waals surface area contributed by atoms with E-state index in [1.807, 2.05) is 0 Å². The van der Waals surface area contributed by atoms with Crippen molar-refractivity contribution < 1.29 is 13.9 Å². The van der Waals surface area contributed by atoms with Gasteiger partial charge >= 0.3 is 0 Å². The fourth-order valence-electron chi connectivity index (χ4n) is 4.01. The summed E-state index contributed by atoms with van der Waals surface area (Å²) in [5.41, 5.74) is 3.65. The van der Waals surface area contributed by atoms with Gasteiger partial charge in [-0.3, -0.25) is 0 Å². The molecule has 2 heterocycles. The van der Waals surface area contributed by atoms with E-state index < -0.39 is 0 Å². The standard InChI is InChI=1S/C19H24N2O3/c1-4-5-17-21-14-10-20-13-7-6-11-8-15(22-2)16(23-3)9-12(11)18(13)19(14)24-17/h8-9,13,18,20H,4-7,10H2,1-3H3/t13-,18-/m0/s1. The summed E-state index contributed by atoms with van der Waals surface area (Å²) in [6.07, 6.45) is 4.07. The monoisotopic (exact) mass is 328 g/mol. The molecule has 2 aromatic rings. The zero-order valence-electron chi connectivity index (χ0n) is 14.5. The molecule has 1 N–H and O–H groups in total. The Bertz CT molecular complexity index is 753. The summed E-state index contributed by atoms with van der Waals surface area (Å²) in [4.78, 5) is 4.70. The van der Waals surface area contributed by atoms with Crippen molar-refractivity contribution >= 4 is 0 Å². The maximum atomic E-state index is 6.18. The molecule has 1 aromatic heterocycles. The van der Waals surface area contributed by atoms with Gasteiger partial charge in [0.25, 0.3) is 0 Å². The van der Waals surface area contributed by atoms with E-state index in [1.165, 1.54) is 11.1 Å². The summed E-state index contributed by atoms with van der Waals surface area (Å²) < 4.78 is 17.2. The van der Waals surface area contributed by atoms with Crippen molar-refractivity contribution in [2.75, 3.05) is 14.2 Å². The number of fused-ring (bicyclic) bond motifs is 5. The normalized spacial score (nSPS) is 21.6. The summed E-state index contributed by atoms with van der Waals surface area (Å²) in [6.45, 7) is 2.95. The summed E-state index contributed by atoms with van der Waals surface area (Å²) in [5, 5.41) is 3.65. The van der Waals surface area contributed by atoms with Gasteiger partial charge in [-0.05, 0) is 42.5 Å². The number of aryl methyl sites for hydroxylation is 2. The van der Waals surface area contributed by atoms with Crippen LogP contribution in [0.25, 0.3) is 0 Å². The van der Waals surface area contributed by atoms with E-state index in [4.69, 9.17) is 18.9 Å². The first-order valence-corrected chi connectivity index (χ1v) is 8.71. The number of hydrogen-bond acceptors (Lipinski definition) is 5. The number of nitrogens with zero attached hydrogens (tertiary/aromatic N) is 1. The minimum Gasteiger partial charge on any atom is -0.493 e. The molecule has 2 aliphatic rings. The number of nitrogens with one attached hydrogen (secondary N) is 1. The van der Waals surface area contributed by atoms with Crippen molar-refractivity contribution in [2.24, 2.45) is 0 Å². The zero-order valence-corrected chi connectivity index (χ0v) is 14.5. The van der Waals surface area contributed by atoms with Gasteiger partial charge < -0.3 is 19.2 Å². The molecule has 2 atom stereocenters. The van der Waals surface area contributed by atoms with Crippen molar-refractivity contribution in [3.05, 3.63) is 40.6 Å². The molecule has 0 fully saturated rings. The highest BCUT2D eigenvalue weighted by Crippen LogP contribution is 2.44. The third kappa shape index (κ3) is 2.38. The fourth-order valence-corrected chi connectivity index (χ4v) is 4.01. The number of methoxy groups -OCH3 is 2. The lowest BCUT2D eigenvalue weighted by atomic mass is 9.75. The molecule has 0 saturated heterocycles. The number of ether oxygens (including phenoxy) is 2. The molecule has 0 spiro atoms. The second-order valence-corrected chi connectivity index (χ2v) is 6.58. The van der Waals surface area contributed by atoms with Crippen molar-refractivity contribution in [3.8, 4) is 11.5 Å². The molecule has 1 aliphatic heterocycles. The van der Waals surface area contributed by atoms with Crippen LogP contribution in [0.1, 0.15) is 54.2 Å². The number of oxazole rings is 1. The van der Waals surface area contributed by atoms with E-state index in [2.05, 4.69) is 24.4 Å². The average Bonchev–Trinajstić information content (AvgIpc) is 3.03. The summed E-state index contributed by atoms with van der Waals surface area (Å²) in [5.74, 6) is 3.67. The molecule has 4 rings (SSSR count). The van der Waals surface area contributed by atoms with Gasteiger partial charge in [-0.25, -0.2) is 4.98 Å². The number of hydrogen-bond donors (Lipinski definition) is 1. The summed E-state index contributed by atoms with van der Waals surface area (Å²) in [6, 6.07) is 4.62. The van der Waals surface area contributed by atoms with Crippen molar-refractivity contribution in [3.63, 3.8) is 0 Å². The van der Waals surface area contributed by atoms with Crippen LogP contribution in [0.15, 0.2) is 16.5 Å². The molecule has 0 radical (unpaired) electrons. The minimum absolute atomic E-state index is 0.204. The molecule has 1 aliphatic carbocycles. The fraction of sp³-hybridized carbons (Fsp3) is 0.526. The number of rotatable bonds is 4. The molecular formula is C19H24N2O3. The molecule has 0 amide bonds. The van der Waals surface area contributed by atoms with Gasteiger partial charge in [-0.1, -0.05) is 6.92 Å². The Hall–Kier alpha value is -2.01. The molecule has 24 heavy (non-hydrogen) atoms. The molecule has 1 aromatic carbocycles. The highest BCUT2D eigenvalue weighted by molar-refractivity contribution is 5.52. The smallest absolute Gasteiger partial charge is 0.194 e. The van der Waals surface area contributed by atoms with Crippen molar-refractivity contribution in [2.45, 2.75) is 51.1 Å². The topological polar surface area (TPSA) is 56.5 Å². The first kappa shape index (κ1) is 15.5. The summed E-state index contributed by atoms with van der Waals surface area (Å²) in [7, 11) is 3.37. The lowest BCUT2D eigenvalue weighted by molar-refractivity contribution is 0.327. The maximum absolute atomic E-state index is 6.18. The number of aromatic nitrogens is 1. The Morgan fingerprint density at radius 1 is 1.25 bits per heavy atom. The van der Waals surface area contributed by atoms with Gasteiger partial charge in [0.05, 0.1) is 25.8 Å². The van der Waals surface area contributed by atoms with Crippen molar-refractivity contribution in [1.29, 1.82) is 0 Å². The van der Waals surface area contributed by atoms with E-state index in [9.17, 15) is 0 Å². The highest BCUT2D eigenvalue weighted by Gasteiger charge is 2.39. The predicted molar refractivity (Wildman–Crippen MR) is 90.8 cm³/mol. The molecular weight excluding hydrogens is 304 g/mol. The average molecular weight is 328 g/mol. The lowest BCUT2D eigenvalue weighted by Gasteiger charge is -2.36. The zero-order chi connectivity index (χ0) is 16.7. The van der Waals surface area contributed by atoms with Gasteiger partial charge in [0.15, 0.2) is 17.4 Å². The highest BCUT2D eigenvalue weighted by atomic mass is 16.5. The SMILES string of the molecule is CCCc1nc2c(o1)[C@H]1c3cc(OC)c(OC)cc3CC[C@@H]1NC2. The second kappa shape index (κ2) is 6.13. The summed E-state index contributed by atoms with van der Waals surface area (Å²) >= 11 is 0. The van der Waals surface area contributed by atoms with Crippen LogP contribution in [0.3, 0.4) is 0 Å². The van der Waals surface area contributed by atoms with E-state index >= 15 is 0 Å². The molecule has 0 bridgehead atoms. The Kier molecular flexibility index (Phi) is 3.96. The largest absolute Gasteiger partial charge is 0.493 e. The third-order valence-electron chi connectivity index (χ3n) is 5.16. The van der Waals surface area contributed by atoms with Crippen LogP contribution in [0, 0.1) is 0 Å². The van der Waals surface area contributed by atoms with Crippen LogP contribution in [0.5, 0.6) is 11.5 Å². The Labute approximate surface area is 142 Å². The first-order valence-electron chi connectivity index (χ1n) is 8.71. The predicted octanol–water partition coefficient (Wildman–Crippen LogP) is 3.19. The van der Waals surface area contributed by atoms with E-state index in [0.29, 0.717) is 6.04 Å². The molecule has 0 saturated carbocycles. The van der Waals surface area contributed by atoms with Gasteiger partial charge in [0, 0.05) is 19.0 Å². The van der Waals surface area contributed by atoms with Gasteiger partial charge in [-0.2, -0.15) is 0 Å². The second-order valence-electron chi connectivity index (χ2n) is 6.58. The van der Waals surface area contributed by atoms with Crippen molar-refractivity contribution in [1.82, 2.24) is 10.3 Å². The van der Waals surface area contributed by atoms with Crippen LogP contribution in [0.4, 0.5) is 0 Å². The Morgan fingerprint density at radius 3 is 2.79 bits per heavy atom. The van der Waals surface area contributed by atoms with Gasteiger partial charge in [-0.15, -0.1) is 0 Å². The number of benzene rings is 1. The van der Waals surface area contributed by atoms with Crippen LogP contribution in [-0.4, -0.2) is 25.2 Å². The molecule has 128 valence electrons. The van der Waals surface area contributed by atoms with Crippen LogP contribution in [-0.2, 0) is 19.4 Å². The molecule has 5 heteroatoms. The van der Waals surface area contributed by atoms with Gasteiger partial charge in [0.1, 0.15) is 5.76 Å². The van der Waals surface area contributed by atoms with E-state index in [1.54, 1.807) is 14.2 Å². The quantitative estimate of drug-likeness (QED) is 0.934. The Balaban J connectivity index is 1.82. The van der Waals surface area contributed by atoms with E-state index in [-0.39, 0.29) is 5.92 Å². The van der Waals surface area contributed by atoms with Crippen LogP contribution >= 0.6 is 0 Å². The molecule has 5 nitrogen and oxygen atoms in total. The van der Waals surface area contributed by atoms with Crippen LogP contribution < -0.4 is 14.8 Å². The molecule has 0 unspecified atom stereocenters. The maximum Gasteiger partial charge on any atom is 0.194 e. The lowest BCUT2D eigenvalue weighted by Crippen LogP contribution is -2.42. The first-order chi connectivity index (χ1) is 11.7. The van der Waals surface area contributed by atoms with Gasteiger partial charge in [0.2, 0.25) is 0 Å². The third-order valence-corrected chi connectivity index (χ3v) is 5.16. The van der Waals surface area contributed by atoms with E-state index in [0.717, 1.165) is 61.1 Å². The van der Waals surface area contributed by atoms with Crippen LogP contribution in [0.2, 0.25) is 0 Å².